The Labute approximate surface area is 124 Å². The van der Waals surface area contributed by atoms with E-state index in [0.717, 1.165) is 29.8 Å². The number of rotatable bonds is 3. The number of benzene rings is 1. The number of carbonyl (C=O) groups excluding carboxylic acids is 1. The molecule has 0 aliphatic carbocycles. The second kappa shape index (κ2) is 7.98. The lowest BCUT2D eigenvalue weighted by atomic mass is 10.1. The van der Waals surface area contributed by atoms with Gasteiger partial charge in [-0.3, -0.25) is 4.79 Å². The molecule has 20 heavy (non-hydrogen) atoms. The van der Waals surface area contributed by atoms with Gasteiger partial charge in [-0.1, -0.05) is 30.4 Å². The van der Waals surface area contributed by atoms with Crippen LogP contribution in [0.15, 0.2) is 24.3 Å². The predicted octanol–water partition coefficient (Wildman–Crippen LogP) is 2.64. The van der Waals surface area contributed by atoms with Gasteiger partial charge in [-0.05, 0) is 30.7 Å². The van der Waals surface area contributed by atoms with Crippen LogP contribution in [0.3, 0.4) is 0 Å². The summed E-state index contributed by atoms with van der Waals surface area (Å²) in [6, 6.07) is 7.54. The van der Waals surface area contributed by atoms with Crippen LogP contribution >= 0.6 is 11.8 Å². The third-order valence-corrected chi connectivity index (χ3v) is 4.49. The van der Waals surface area contributed by atoms with Crippen LogP contribution in [0.4, 0.5) is 5.69 Å². The molecular formula is C16H19NO2S. The lowest BCUT2D eigenvalue weighted by molar-refractivity contribution is -0.115. The molecule has 2 rings (SSSR count). The van der Waals surface area contributed by atoms with Gasteiger partial charge in [0.15, 0.2) is 0 Å². The number of thioether (sulfide) groups is 1. The summed E-state index contributed by atoms with van der Waals surface area (Å²) in [7, 11) is 0. The summed E-state index contributed by atoms with van der Waals surface area (Å²) in [4.78, 5) is 12.2. The van der Waals surface area contributed by atoms with Crippen LogP contribution < -0.4 is 5.32 Å². The van der Waals surface area contributed by atoms with Gasteiger partial charge < -0.3 is 10.4 Å². The molecule has 2 N–H and O–H groups in total. The van der Waals surface area contributed by atoms with E-state index in [0.29, 0.717) is 6.42 Å². The molecule has 1 amide bonds. The standard InChI is InChI=1S/C16H19NO2S/c18-11-5-3-8-13-7-1-2-9-14(13)17-16(19)15-10-4-6-12-20-15/h1-2,7,9,15,18H,4-6,10-12H2,(H,17,19). The highest BCUT2D eigenvalue weighted by Gasteiger charge is 2.22. The number of para-hydroxylation sites is 1. The number of nitrogens with one attached hydrogen (secondary N) is 1. The highest BCUT2D eigenvalue weighted by Crippen LogP contribution is 2.26. The summed E-state index contributed by atoms with van der Waals surface area (Å²) in [6.45, 7) is 0.0558. The summed E-state index contributed by atoms with van der Waals surface area (Å²) in [5.74, 6) is 7.02. The number of carbonyl (C=O) groups is 1. The fourth-order valence-electron chi connectivity index (χ4n) is 2.08. The van der Waals surface area contributed by atoms with Gasteiger partial charge in [0, 0.05) is 12.0 Å². The average Bonchev–Trinajstić information content (AvgIpc) is 2.50. The van der Waals surface area contributed by atoms with Crippen LogP contribution in [-0.4, -0.2) is 28.6 Å². The van der Waals surface area contributed by atoms with E-state index in [-0.39, 0.29) is 17.8 Å². The van der Waals surface area contributed by atoms with Crippen molar-refractivity contribution in [3.63, 3.8) is 0 Å². The van der Waals surface area contributed by atoms with E-state index >= 15 is 0 Å². The van der Waals surface area contributed by atoms with Crippen LogP contribution in [-0.2, 0) is 4.79 Å². The summed E-state index contributed by atoms with van der Waals surface area (Å²) in [5.41, 5.74) is 1.56. The van der Waals surface area contributed by atoms with Gasteiger partial charge in [0.05, 0.1) is 17.5 Å². The van der Waals surface area contributed by atoms with Gasteiger partial charge >= 0.3 is 0 Å². The fourth-order valence-corrected chi connectivity index (χ4v) is 3.27. The van der Waals surface area contributed by atoms with Crippen LogP contribution in [0.5, 0.6) is 0 Å². The first-order chi connectivity index (χ1) is 9.81. The molecule has 1 aliphatic rings. The van der Waals surface area contributed by atoms with Crippen molar-refractivity contribution >= 4 is 23.4 Å². The number of aliphatic hydroxyl groups is 1. The number of hydrogen-bond acceptors (Lipinski definition) is 3. The zero-order valence-electron chi connectivity index (χ0n) is 11.4. The van der Waals surface area contributed by atoms with Crippen molar-refractivity contribution in [1.29, 1.82) is 0 Å². The summed E-state index contributed by atoms with van der Waals surface area (Å²) in [6.07, 6.45) is 3.73. The van der Waals surface area contributed by atoms with Crippen LogP contribution in [0.1, 0.15) is 31.2 Å². The molecule has 4 heteroatoms. The van der Waals surface area contributed by atoms with E-state index in [2.05, 4.69) is 17.2 Å². The Morgan fingerprint density at radius 1 is 1.40 bits per heavy atom. The van der Waals surface area contributed by atoms with E-state index in [1.165, 1.54) is 6.42 Å². The third-order valence-electron chi connectivity index (χ3n) is 3.12. The lowest BCUT2D eigenvalue weighted by Crippen LogP contribution is -2.27. The average molecular weight is 289 g/mol. The molecule has 0 radical (unpaired) electrons. The maximum absolute atomic E-state index is 12.2. The zero-order valence-corrected chi connectivity index (χ0v) is 12.2. The fraction of sp³-hybridized carbons (Fsp3) is 0.438. The first-order valence-corrected chi connectivity index (χ1v) is 7.97. The first-order valence-electron chi connectivity index (χ1n) is 6.92. The Morgan fingerprint density at radius 3 is 3.00 bits per heavy atom. The van der Waals surface area contributed by atoms with Gasteiger partial charge in [-0.15, -0.1) is 11.8 Å². The lowest BCUT2D eigenvalue weighted by Gasteiger charge is -2.20. The van der Waals surface area contributed by atoms with Crippen LogP contribution in [0, 0.1) is 11.8 Å². The van der Waals surface area contributed by atoms with Gasteiger partial charge in [-0.2, -0.15) is 0 Å². The zero-order chi connectivity index (χ0) is 14.2. The summed E-state index contributed by atoms with van der Waals surface area (Å²) in [5, 5.41) is 11.8. The van der Waals surface area contributed by atoms with Gasteiger partial charge in [0.1, 0.15) is 0 Å². The molecule has 1 saturated heterocycles. The van der Waals surface area contributed by atoms with Crippen LogP contribution in [0.2, 0.25) is 0 Å². The SMILES string of the molecule is O=C(Nc1ccccc1C#CCCO)C1CCCCS1. The molecule has 1 fully saturated rings. The Morgan fingerprint density at radius 2 is 2.25 bits per heavy atom. The minimum atomic E-state index is 0.0558. The molecule has 0 saturated carbocycles. The predicted molar refractivity (Wildman–Crippen MR) is 83.7 cm³/mol. The number of anilines is 1. The molecular weight excluding hydrogens is 270 g/mol. The van der Waals surface area contributed by atoms with E-state index in [9.17, 15) is 4.79 Å². The Balaban J connectivity index is 2.05. The van der Waals surface area contributed by atoms with Crippen molar-refractivity contribution in [2.75, 3.05) is 17.7 Å². The molecule has 3 nitrogen and oxygen atoms in total. The molecule has 1 unspecified atom stereocenters. The normalized spacial score (nSPS) is 17.9. The Kier molecular flexibility index (Phi) is 5.97. The van der Waals surface area contributed by atoms with Gasteiger partial charge in [-0.25, -0.2) is 0 Å². The topological polar surface area (TPSA) is 49.3 Å². The second-order valence-corrected chi connectivity index (χ2v) is 5.98. The summed E-state index contributed by atoms with van der Waals surface area (Å²) >= 11 is 1.74. The van der Waals surface area contributed by atoms with Crippen molar-refractivity contribution in [3.8, 4) is 11.8 Å². The Hall–Kier alpha value is -1.44. The summed E-state index contributed by atoms with van der Waals surface area (Å²) < 4.78 is 0. The molecule has 1 aromatic carbocycles. The van der Waals surface area contributed by atoms with Crippen molar-refractivity contribution in [2.45, 2.75) is 30.9 Å². The maximum atomic E-state index is 12.2. The monoisotopic (exact) mass is 289 g/mol. The molecule has 0 aromatic heterocycles. The molecule has 1 aromatic rings. The smallest absolute Gasteiger partial charge is 0.237 e. The van der Waals surface area contributed by atoms with Crippen molar-refractivity contribution < 1.29 is 9.90 Å². The molecule has 1 atom stereocenters. The van der Waals surface area contributed by atoms with Crippen molar-refractivity contribution in [2.24, 2.45) is 0 Å². The minimum Gasteiger partial charge on any atom is -0.395 e. The highest BCUT2D eigenvalue weighted by molar-refractivity contribution is 8.00. The molecule has 1 aliphatic heterocycles. The number of amides is 1. The van der Waals surface area contributed by atoms with E-state index in [1.807, 2.05) is 24.3 Å². The maximum Gasteiger partial charge on any atom is 0.237 e. The first kappa shape index (κ1) is 15.0. The van der Waals surface area contributed by atoms with E-state index in [4.69, 9.17) is 5.11 Å². The van der Waals surface area contributed by atoms with Gasteiger partial charge in [0.25, 0.3) is 0 Å². The highest BCUT2D eigenvalue weighted by atomic mass is 32.2. The molecule has 106 valence electrons. The van der Waals surface area contributed by atoms with Crippen molar-refractivity contribution in [1.82, 2.24) is 0 Å². The van der Waals surface area contributed by atoms with Gasteiger partial charge in [0.2, 0.25) is 5.91 Å². The third kappa shape index (κ3) is 4.29. The number of aliphatic hydroxyl groups excluding tert-OH is 1. The van der Waals surface area contributed by atoms with E-state index in [1.54, 1.807) is 11.8 Å². The number of hydrogen-bond donors (Lipinski definition) is 2. The molecule has 1 heterocycles. The minimum absolute atomic E-state index is 0.0558. The Bertz CT molecular complexity index is 513. The second-order valence-electron chi connectivity index (χ2n) is 4.67. The molecule has 0 spiro atoms. The quantitative estimate of drug-likeness (QED) is 0.841. The largest absolute Gasteiger partial charge is 0.395 e. The van der Waals surface area contributed by atoms with Crippen LogP contribution in [0.25, 0.3) is 0 Å². The molecule has 0 bridgehead atoms. The van der Waals surface area contributed by atoms with E-state index < -0.39 is 0 Å². The van der Waals surface area contributed by atoms with Crippen molar-refractivity contribution in [3.05, 3.63) is 29.8 Å².